The number of phosphoric acid groups is 1. The highest BCUT2D eigenvalue weighted by molar-refractivity contribution is 7.47. The molecule has 0 bridgehead atoms. The number of hydrogen-bond acceptors (Lipinski definition) is 8. The third-order valence-corrected chi connectivity index (χ3v) is 19.0. The lowest BCUT2D eigenvalue weighted by Gasteiger charge is -2.19. The van der Waals surface area contributed by atoms with Gasteiger partial charge in [0.1, 0.15) is 6.61 Å². The molecule has 3 N–H and O–H groups in total. The second-order valence-electron chi connectivity index (χ2n) is 27.6. The summed E-state index contributed by atoms with van der Waals surface area (Å²) in [5.41, 5.74) is 5.42. The molecule has 0 aliphatic carbocycles. The summed E-state index contributed by atoms with van der Waals surface area (Å²) in [6.07, 6.45) is 119. The molecule has 0 fully saturated rings. The molecule has 0 aliphatic rings. The Kier molecular flexibility index (Phi) is 79.9. The van der Waals surface area contributed by atoms with Crippen molar-refractivity contribution in [3.05, 3.63) is 134 Å². The molecule has 0 amide bonds. The molecule has 0 aromatic rings. The molecule has 0 heterocycles. The monoisotopic (exact) mass is 1400 g/mol. The summed E-state index contributed by atoms with van der Waals surface area (Å²) in [5.74, 6) is -0.811. The van der Waals surface area contributed by atoms with E-state index in [1.807, 2.05) is 0 Å². The molecule has 10 heteroatoms. The van der Waals surface area contributed by atoms with Gasteiger partial charge in [-0.05, 0) is 109 Å². The minimum Gasteiger partial charge on any atom is -0.462 e. The highest BCUT2D eigenvalue weighted by Gasteiger charge is 2.26. The maximum atomic E-state index is 12.8. The van der Waals surface area contributed by atoms with E-state index < -0.39 is 26.5 Å². The van der Waals surface area contributed by atoms with Crippen LogP contribution in [0.3, 0.4) is 0 Å². The van der Waals surface area contributed by atoms with E-state index in [1.165, 1.54) is 244 Å². The third kappa shape index (κ3) is 83.0. The van der Waals surface area contributed by atoms with Gasteiger partial charge in [0.25, 0.3) is 0 Å². The van der Waals surface area contributed by atoms with Crippen molar-refractivity contribution >= 4 is 19.8 Å². The Balaban J connectivity index is 3.77. The number of phosphoric ester groups is 1. The summed E-state index contributed by atoms with van der Waals surface area (Å²) >= 11 is 0. The molecule has 0 radical (unpaired) electrons. The van der Waals surface area contributed by atoms with Gasteiger partial charge < -0.3 is 20.1 Å². The first-order valence-electron chi connectivity index (χ1n) is 41.7. The zero-order valence-electron chi connectivity index (χ0n) is 64.4. The fourth-order valence-electron chi connectivity index (χ4n) is 12.0. The maximum absolute atomic E-state index is 12.8. The van der Waals surface area contributed by atoms with Gasteiger partial charge in [0.2, 0.25) is 0 Å². The van der Waals surface area contributed by atoms with E-state index in [0.717, 1.165) is 109 Å². The number of hydrogen-bond donors (Lipinski definition) is 2. The fraction of sp³-hybridized carbons (Fsp3) is 0.730. The van der Waals surface area contributed by atoms with Gasteiger partial charge in [-0.1, -0.05) is 398 Å². The van der Waals surface area contributed by atoms with Crippen LogP contribution >= 0.6 is 7.82 Å². The SMILES string of the molecule is CC/C=C\C/C=C\C/C=C\C/C=C\C/C=C\C/C=C\CCCCCCCCCCCCCCCCCCCCCCC(=O)OC(COC(=O)CCCCCCCCCCCCCCCCCCCCCCCCC/C=C\C/C=C\C/C=C\C/C=C\C/C=C\CC)COP(=O)(O)OCCN. The summed E-state index contributed by atoms with van der Waals surface area (Å²) in [4.78, 5) is 35.5. The normalized spacial score (nSPS) is 13.5. The lowest BCUT2D eigenvalue weighted by atomic mass is 10.0. The average molecular weight is 1400 g/mol. The van der Waals surface area contributed by atoms with Crippen LogP contribution in [0, 0.1) is 0 Å². The number of esters is 2. The summed E-state index contributed by atoms with van der Waals surface area (Å²) in [6, 6.07) is 0. The first-order chi connectivity index (χ1) is 48.8. The first kappa shape index (κ1) is 95.2. The minimum atomic E-state index is -4.40. The molecule has 99 heavy (non-hydrogen) atoms. The molecule has 0 aromatic heterocycles. The van der Waals surface area contributed by atoms with Crippen molar-refractivity contribution in [1.29, 1.82) is 0 Å². The molecule has 2 unspecified atom stereocenters. The number of rotatable bonds is 78. The van der Waals surface area contributed by atoms with E-state index in [1.54, 1.807) is 0 Å². The summed E-state index contributed by atoms with van der Waals surface area (Å²) in [7, 11) is -4.40. The molecular formula is C89H156NO8P. The number of ether oxygens (including phenoxy) is 2. The molecule has 0 spiro atoms. The predicted molar refractivity (Wildman–Crippen MR) is 431 cm³/mol. The van der Waals surface area contributed by atoms with E-state index in [-0.39, 0.29) is 38.6 Å². The van der Waals surface area contributed by atoms with Crippen LogP contribution in [0.2, 0.25) is 0 Å². The highest BCUT2D eigenvalue weighted by Crippen LogP contribution is 2.43. The van der Waals surface area contributed by atoms with E-state index in [4.69, 9.17) is 24.3 Å². The van der Waals surface area contributed by atoms with Crippen molar-refractivity contribution < 1.29 is 37.6 Å². The average Bonchev–Trinajstić information content (AvgIpc) is 1.35. The third-order valence-electron chi connectivity index (χ3n) is 18.0. The van der Waals surface area contributed by atoms with Crippen LogP contribution in [0.5, 0.6) is 0 Å². The van der Waals surface area contributed by atoms with Crippen LogP contribution in [-0.4, -0.2) is 49.3 Å². The zero-order chi connectivity index (χ0) is 71.5. The van der Waals surface area contributed by atoms with Crippen molar-refractivity contribution in [2.45, 2.75) is 392 Å². The fourth-order valence-corrected chi connectivity index (χ4v) is 12.7. The van der Waals surface area contributed by atoms with Crippen LogP contribution in [0.15, 0.2) is 134 Å². The van der Waals surface area contributed by atoms with E-state index in [9.17, 15) is 19.0 Å². The smallest absolute Gasteiger partial charge is 0.462 e. The lowest BCUT2D eigenvalue weighted by molar-refractivity contribution is -0.161. The molecule has 0 rings (SSSR count). The maximum Gasteiger partial charge on any atom is 0.472 e. The molecule has 0 saturated heterocycles. The van der Waals surface area contributed by atoms with Gasteiger partial charge in [0.15, 0.2) is 6.10 Å². The van der Waals surface area contributed by atoms with Crippen molar-refractivity contribution in [3.63, 3.8) is 0 Å². The van der Waals surface area contributed by atoms with Gasteiger partial charge >= 0.3 is 19.8 Å². The molecule has 0 aliphatic heterocycles. The summed E-state index contributed by atoms with van der Waals surface area (Å²) in [6.45, 7) is 3.57. The van der Waals surface area contributed by atoms with Crippen LogP contribution < -0.4 is 5.73 Å². The Morgan fingerprint density at radius 1 is 0.303 bits per heavy atom. The summed E-state index contributed by atoms with van der Waals surface area (Å²) in [5, 5.41) is 0. The van der Waals surface area contributed by atoms with E-state index in [2.05, 4.69) is 148 Å². The van der Waals surface area contributed by atoms with E-state index in [0.29, 0.717) is 6.42 Å². The van der Waals surface area contributed by atoms with Gasteiger partial charge in [-0.15, -0.1) is 0 Å². The molecular weight excluding hydrogens is 1240 g/mol. The minimum absolute atomic E-state index is 0.0523. The Hall–Kier alpha value is -3.85. The number of nitrogens with two attached hydrogens (primary N) is 1. The van der Waals surface area contributed by atoms with E-state index >= 15 is 0 Å². The highest BCUT2D eigenvalue weighted by atomic mass is 31.2. The topological polar surface area (TPSA) is 134 Å². The van der Waals surface area contributed by atoms with Crippen LogP contribution in [0.1, 0.15) is 386 Å². The predicted octanol–water partition coefficient (Wildman–Crippen LogP) is 28.3. The van der Waals surface area contributed by atoms with Gasteiger partial charge in [-0.25, -0.2) is 4.57 Å². The van der Waals surface area contributed by atoms with Crippen LogP contribution in [0.25, 0.3) is 0 Å². The van der Waals surface area contributed by atoms with Gasteiger partial charge in [0.05, 0.1) is 13.2 Å². The van der Waals surface area contributed by atoms with Gasteiger partial charge in [0, 0.05) is 19.4 Å². The molecule has 2 atom stereocenters. The second-order valence-corrected chi connectivity index (χ2v) is 29.0. The van der Waals surface area contributed by atoms with Crippen LogP contribution in [-0.2, 0) is 32.7 Å². The van der Waals surface area contributed by atoms with Gasteiger partial charge in [-0.3, -0.25) is 18.6 Å². The lowest BCUT2D eigenvalue weighted by Crippen LogP contribution is -2.29. The quantitative estimate of drug-likeness (QED) is 0.0264. The summed E-state index contributed by atoms with van der Waals surface area (Å²) < 4.78 is 33.3. The Labute approximate surface area is 612 Å². The van der Waals surface area contributed by atoms with Crippen molar-refractivity contribution in [3.8, 4) is 0 Å². The molecule has 9 nitrogen and oxygen atoms in total. The zero-order valence-corrected chi connectivity index (χ0v) is 65.3. The largest absolute Gasteiger partial charge is 0.472 e. The first-order valence-corrected chi connectivity index (χ1v) is 43.2. The second kappa shape index (κ2) is 83.1. The van der Waals surface area contributed by atoms with Crippen molar-refractivity contribution in [2.24, 2.45) is 5.73 Å². The van der Waals surface area contributed by atoms with Crippen molar-refractivity contribution in [1.82, 2.24) is 0 Å². The Morgan fingerprint density at radius 2 is 0.525 bits per heavy atom. The number of unbranched alkanes of at least 4 members (excludes halogenated alkanes) is 43. The van der Waals surface area contributed by atoms with Crippen molar-refractivity contribution in [2.75, 3.05) is 26.4 Å². The Bertz CT molecular complexity index is 2100. The number of allylic oxidation sites excluding steroid dienone is 22. The number of carbonyl (C=O) groups is 2. The molecule has 0 saturated carbocycles. The van der Waals surface area contributed by atoms with Crippen LogP contribution in [0.4, 0.5) is 0 Å². The molecule has 570 valence electrons. The number of carbonyl (C=O) groups excluding carboxylic acids is 2. The standard InChI is InChI=1S/C89H156NO8P/c1-3-5-7-9-11-13-15-17-19-21-23-25-27-29-31-33-35-37-39-41-43-45-47-49-51-53-55-57-59-61-63-65-67-69-71-73-75-77-79-81-88(91)95-85-87(86-97-99(93,94)96-84-83-90)98-89(92)82-80-78-76-74-72-70-68-66-64-62-60-58-56-54-52-50-48-46-44-42-40-38-36-34-32-30-28-26-24-22-20-18-16-14-12-10-8-6-4-2/h5-8,11-14,17-20,23-26,29-32,36,38,87H,3-4,9-10,15-16,21-22,27-28,33-35,37,39-86,90H2,1-2H3,(H,93,94)/b7-5-,8-6-,13-11-,14-12-,19-17-,20-18-,25-23-,26-24-,31-29-,32-30-,38-36-. The Morgan fingerprint density at radius 3 is 0.778 bits per heavy atom. The van der Waals surface area contributed by atoms with Gasteiger partial charge in [-0.2, -0.15) is 0 Å². The molecule has 0 aromatic carbocycles.